The summed E-state index contributed by atoms with van der Waals surface area (Å²) >= 11 is 3.48. The Kier molecular flexibility index (Phi) is 9.94. The van der Waals surface area contributed by atoms with E-state index in [4.69, 9.17) is 0 Å². The molecule has 0 aliphatic carbocycles. The summed E-state index contributed by atoms with van der Waals surface area (Å²) in [7, 11) is 5.75. The molecule has 6 nitrogen and oxygen atoms in total. The second-order valence-corrected chi connectivity index (χ2v) is 7.18. The van der Waals surface area contributed by atoms with Crippen LogP contribution in [0.3, 0.4) is 0 Å². The molecule has 1 heterocycles. The molecule has 138 valence electrons. The number of hydrogen-bond donors (Lipinski definition) is 2. The maximum absolute atomic E-state index is 12.1. The fraction of sp³-hybridized carbons (Fsp3) is 0.625. The standard InChI is InChI=1S/C16H28BrN5O.HI/c1-7-19-14(23)16(2,3)11-20-15(18-4)22(6)10-13-8-12(17)9-21(13)5;/h8-9H,7,10-11H2,1-6H3,(H,18,20)(H,19,23);1H. The van der Waals surface area contributed by atoms with Crippen LogP contribution in [0, 0.1) is 5.41 Å². The SMILES string of the molecule is CCNC(=O)C(C)(C)CNC(=NC)N(C)Cc1cc(Br)cn1C.I. The first-order valence-electron chi connectivity index (χ1n) is 7.72. The molecular formula is C16H29BrIN5O. The number of rotatable bonds is 6. The fourth-order valence-electron chi connectivity index (χ4n) is 2.21. The summed E-state index contributed by atoms with van der Waals surface area (Å²) in [5.74, 6) is 0.802. The molecule has 0 aliphatic rings. The largest absolute Gasteiger partial charge is 0.356 e. The molecule has 0 saturated carbocycles. The molecule has 0 radical (unpaired) electrons. The first-order valence-corrected chi connectivity index (χ1v) is 8.51. The zero-order valence-corrected chi connectivity index (χ0v) is 19.2. The predicted molar refractivity (Wildman–Crippen MR) is 114 cm³/mol. The summed E-state index contributed by atoms with van der Waals surface area (Å²) in [4.78, 5) is 18.4. The minimum absolute atomic E-state index is 0. The first kappa shape index (κ1) is 23.2. The molecule has 0 spiro atoms. The molecule has 24 heavy (non-hydrogen) atoms. The molecule has 1 aromatic rings. The Morgan fingerprint density at radius 2 is 2.04 bits per heavy atom. The molecule has 0 fully saturated rings. The maximum atomic E-state index is 12.1. The van der Waals surface area contributed by atoms with Gasteiger partial charge in [-0.25, -0.2) is 0 Å². The quantitative estimate of drug-likeness (QED) is 0.349. The van der Waals surface area contributed by atoms with Crippen molar-refractivity contribution in [1.29, 1.82) is 0 Å². The van der Waals surface area contributed by atoms with Crippen LogP contribution < -0.4 is 10.6 Å². The third-order valence-electron chi connectivity index (χ3n) is 3.69. The van der Waals surface area contributed by atoms with Crippen LogP contribution in [0.5, 0.6) is 0 Å². The molecule has 1 amide bonds. The Morgan fingerprint density at radius 1 is 1.42 bits per heavy atom. The Hall–Kier alpha value is -0.770. The molecule has 0 saturated heterocycles. The smallest absolute Gasteiger partial charge is 0.227 e. The number of aryl methyl sites for hydroxylation is 1. The third kappa shape index (κ3) is 6.62. The van der Waals surface area contributed by atoms with Gasteiger partial charge in [0, 0.05) is 50.6 Å². The van der Waals surface area contributed by atoms with Crippen LogP contribution in [-0.4, -0.2) is 48.5 Å². The second-order valence-electron chi connectivity index (χ2n) is 6.26. The molecule has 0 bridgehead atoms. The summed E-state index contributed by atoms with van der Waals surface area (Å²) < 4.78 is 3.13. The highest BCUT2D eigenvalue weighted by molar-refractivity contribution is 14.0. The lowest BCUT2D eigenvalue weighted by Gasteiger charge is -2.28. The Labute approximate surface area is 170 Å². The summed E-state index contributed by atoms with van der Waals surface area (Å²) in [5, 5.41) is 6.16. The molecule has 8 heteroatoms. The van der Waals surface area contributed by atoms with Gasteiger partial charge in [0.05, 0.1) is 12.0 Å². The van der Waals surface area contributed by atoms with Crippen LogP contribution in [0.25, 0.3) is 0 Å². The summed E-state index contributed by atoms with van der Waals surface area (Å²) in [5.41, 5.74) is 0.672. The van der Waals surface area contributed by atoms with E-state index >= 15 is 0 Å². The van der Waals surface area contributed by atoms with E-state index in [0.717, 1.165) is 17.0 Å². The number of carbonyl (C=O) groups is 1. The number of guanidine groups is 1. The van der Waals surface area contributed by atoms with Gasteiger partial charge in [-0.05, 0) is 42.8 Å². The van der Waals surface area contributed by atoms with E-state index in [1.54, 1.807) is 7.05 Å². The molecule has 0 aromatic carbocycles. The van der Waals surface area contributed by atoms with Crippen molar-refractivity contribution in [1.82, 2.24) is 20.1 Å². The topological polar surface area (TPSA) is 61.7 Å². The highest BCUT2D eigenvalue weighted by Gasteiger charge is 2.27. The van der Waals surface area contributed by atoms with Crippen LogP contribution in [0.1, 0.15) is 26.5 Å². The van der Waals surface area contributed by atoms with E-state index in [2.05, 4.69) is 42.2 Å². The normalized spacial score (nSPS) is 11.7. The Balaban J connectivity index is 0.00000529. The number of aromatic nitrogens is 1. The monoisotopic (exact) mass is 513 g/mol. The molecule has 0 unspecified atom stereocenters. The average Bonchev–Trinajstić information content (AvgIpc) is 2.77. The summed E-state index contributed by atoms with van der Waals surface area (Å²) in [6, 6.07) is 2.09. The number of amides is 1. The van der Waals surface area contributed by atoms with E-state index in [1.807, 2.05) is 46.0 Å². The summed E-state index contributed by atoms with van der Waals surface area (Å²) in [6.07, 6.45) is 2.03. The van der Waals surface area contributed by atoms with Crippen molar-refractivity contribution in [3.8, 4) is 0 Å². The minimum Gasteiger partial charge on any atom is -0.356 e. The van der Waals surface area contributed by atoms with Crippen molar-refractivity contribution < 1.29 is 4.79 Å². The lowest BCUT2D eigenvalue weighted by molar-refractivity contribution is -0.128. The molecule has 2 N–H and O–H groups in total. The van der Waals surface area contributed by atoms with Gasteiger partial charge in [0.1, 0.15) is 0 Å². The molecule has 0 atom stereocenters. The summed E-state index contributed by atoms with van der Waals surface area (Å²) in [6.45, 7) is 7.65. The van der Waals surface area contributed by atoms with Gasteiger partial charge >= 0.3 is 0 Å². The van der Waals surface area contributed by atoms with Crippen molar-refractivity contribution in [2.75, 3.05) is 27.2 Å². The van der Waals surface area contributed by atoms with Crippen molar-refractivity contribution in [3.63, 3.8) is 0 Å². The Morgan fingerprint density at radius 3 is 2.50 bits per heavy atom. The van der Waals surface area contributed by atoms with Crippen molar-refractivity contribution in [2.45, 2.75) is 27.3 Å². The predicted octanol–water partition coefficient (Wildman–Crippen LogP) is 2.58. The highest BCUT2D eigenvalue weighted by atomic mass is 127. The fourth-order valence-corrected chi connectivity index (χ4v) is 2.78. The Bertz CT molecular complexity index is 571. The van der Waals surface area contributed by atoms with E-state index < -0.39 is 5.41 Å². The number of nitrogens with zero attached hydrogens (tertiary/aromatic N) is 3. The van der Waals surface area contributed by atoms with Crippen LogP contribution in [0.15, 0.2) is 21.7 Å². The van der Waals surface area contributed by atoms with Crippen LogP contribution in [0.4, 0.5) is 0 Å². The van der Waals surface area contributed by atoms with Crippen molar-refractivity contribution in [2.24, 2.45) is 17.5 Å². The van der Waals surface area contributed by atoms with Crippen molar-refractivity contribution in [3.05, 3.63) is 22.4 Å². The zero-order chi connectivity index (χ0) is 17.6. The van der Waals surface area contributed by atoms with E-state index in [0.29, 0.717) is 13.1 Å². The third-order valence-corrected chi connectivity index (χ3v) is 4.12. The lowest BCUT2D eigenvalue weighted by Crippen LogP contribution is -2.48. The van der Waals surface area contributed by atoms with Crippen molar-refractivity contribution >= 4 is 51.8 Å². The first-order chi connectivity index (χ1) is 10.7. The zero-order valence-electron chi connectivity index (χ0n) is 15.3. The molecule has 1 rings (SSSR count). The van der Waals surface area contributed by atoms with Gasteiger partial charge in [-0.3, -0.25) is 9.79 Å². The van der Waals surface area contributed by atoms with Gasteiger partial charge in [-0.2, -0.15) is 0 Å². The minimum atomic E-state index is -0.499. The average molecular weight is 514 g/mol. The van der Waals surface area contributed by atoms with Gasteiger partial charge in [0.15, 0.2) is 5.96 Å². The number of halogens is 2. The molecular weight excluding hydrogens is 485 g/mol. The number of hydrogen-bond acceptors (Lipinski definition) is 2. The molecule has 1 aromatic heterocycles. The van der Waals surface area contributed by atoms with E-state index in [-0.39, 0.29) is 29.9 Å². The number of carbonyl (C=O) groups excluding carboxylic acids is 1. The van der Waals surface area contributed by atoms with Gasteiger partial charge in [0.25, 0.3) is 0 Å². The van der Waals surface area contributed by atoms with Crippen LogP contribution in [-0.2, 0) is 18.4 Å². The van der Waals surface area contributed by atoms with E-state index in [9.17, 15) is 4.79 Å². The van der Waals surface area contributed by atoms with Crippen LogP contribution in [0.2, 0.25) is 0 Å². The van der Waals surface area contributed by atoms with E-state index in [1.165, 1.54) is 5.69 Å². The highest BCUT2D eigenvalue weighted by Crippen LogP contribution is 2.16. The van der Waals surface area contributed by atoms with Crippen LogP contribution >= 0.6 is 39.9 Å². The van der Waals surface area contributed by atoms with Gasteiger partial charge in [-0.15, -0.1) is 24.0 Å². The van der Waals surface area contributed by atoms with Gasteiger partial charge in [0.2, 0.25) is 5.91 Å². The number of aliphatic imine (C=N–C) groups is 1. The second kappa shape index (κ2) is 10.3. The molecule has 0 aliphatic heterocycles. The number of nitrogens with one attached hydrogen (secondary N) is 2. The van der Waals surface area contributed by atoms with Gasteiger partial charge < -0.3 is 20.1 Å². The lowest BCUT2D eigenvalue weighted by atomic mass is 9.92. The maximum Gasteiger partial charge on any atom is 0.227 e. The van der Waals surface area contributed by atoms with Gasteiger partial charge in [-0.1, -0.05) is 0 Å².